The lowest BCUT2D eigenvalue weighted by Gasteiger charge is -2.37. The standard InChI is InChI=1S/C13H24N2O3/c1-9(2)15(8-10-6-7-10)12(18)14(5)13(3,4)11(16)17/h9-10H,6-8H2,1-5H3,(H,16,17). The number of carboxylic acids is 1. The molecular formula is C13H24N2O3. The van der Waals surface area contributed by atoms with Gasteiger partial charge in [-0.2, -0.15) is 0 Å². The summed E-state index contributed by atoms with van der Waals surface area (Å²) in [6, 6.07) is -0.116. The van der Waals surface area contributed by atoms with Crippen molar-refractivity contribution in [1.29, 1.82) is 0 Å². The van der Waals surface area contributed by atoms with Gasteiger partial charge in [0.15, 0.2) is 0 Å². The molecule has 0 spiro atoms. The largest absolute Gasteiger partial charge is 0.480 e. The summed E-state index contributed by atoms with van der Waals surface area (Å²) in [6.07, 6.45) is 2.34. The smallest absolute Gasteiger partial charge is 0.329 e. The molecule has 18 heavy (non-hydrogen) atoms. The summed E-state index contributed by atoms with van der Waals surface area (Å²) in [7, 11) is 1.55. The van der Waals surface area contributed by atoms with Crippen LogP contribution in [-0.2, 0) is 4.79 Å². The Morgan fingerprint density at radius 3 is 2.17 bits per heavy atom. The quantitative estimate of drug-likeness (QED) is 0.818. The van der Waals surface area contributed by atoms with Crippen LogP contribution in [0.1, 0.15) is 40.5 Å². The summed E-state index contributed by atoms with van der Waals surface area (Å²) in [4.78, 5) is 26.7. The van der Waals surface area contributed by atoms with Crippen LogP contribution in [0.5, 0.6) is 0 Å². The molecule has 0 saturated heterocycles. The highest BCUT2D eigenvalue weighted by Gasteiger charge is 2.38. The van der Waals surface area contributed by atoms with E-state index in [2.05, 4.69) is 0 Å². The molecule has 0 aliphatic heterocycles. The molecule has 5 nitrogen and oxygen atoms in total. The third-order valence-corrected chi connectivity index (χ3v) is 3.67. The van der Waals surface area contributed by atoms with Crippen LogP contribution in [-0.4, -0.2) is 52.1 Å². The number of amides is 2. The van der Waals surface area contributed by atoms with E-state index in [1.165, 1.54) is 17.7 Å². The first kappa shape index (κ1) is 14.8. The molecule has 0 unspecified atom stereocenters. The van der Waals surface area contributed by atoms with Crippen LogP contribution in [0.15, 0.2) is 0 Å². The number of hydrogen-bond acceptors (Lipinski definition) is 2. The molecule has 0 atom stereocenters. The van der Waals surface area contributed by atoms with E-state index in [4.69, 9.17) is 5.11 Å². The van der Waals surface area contributed by atoms with Crippen LogP contribution in [0, 0.1) is 5.92 Å². The Morgan fingerprint density at radius 1 is 1.33 bits per heavy atom. The molecule has 1 aliphatic carbocycles. The molecule has 0 aromatic heterocycles. The van der Waals surface area contributed by atoms with Crippen LogP contribution in [0.3, 0.4) is 0 Å². The van der Waals surface area contributed by atoms with Crippen molar-refractivity contribution in [2.75, 3.05) is 13.6 Å². The molecule has 2 amide bonds. The molecule has 5 heteroatoms. The molecule has 1 aliphatic rings. The van der Waals surface area contributed by atoms with E-state index in [0.717, 1.165) is 6.54 Å². The van der Waals surface area contributed by atoms with E-state index < -0.39 is 11.5 Å². The fourth-order valence-corrected chi connectivity index (χ4v) is 1.66. The predicted molar refractivity (Wildman–Crippen MR) is 69.4 cm³/mol. The Bertz CT molecular complexity index is 335. The molecule has 0 aromatic carbocycles. The van der Waals surface area contributed by atoms with Gasteiger partial charge in [0.05, 0.1) is 0 Å². The van der Waals surface area contributed by atoms with Crippen molar-refractivity contribution in [3.05, 3.63) is 0 Å². The number of urea groups is 1. The van der Waals surface area contributed by atoms with Gasteiger partial charge < -0.3 is 14.9 Å². The maximum absolute atomic E-state index is 12.4. The fraction of sp³-hybridized carbons (Fsp3) is 0.846. The van der Waals surface area contributed by atoms with Crippen molar-refractivity contribution < 1.29 is 14.7 Å². The SMILES string of the molecule is CC(C)N(CC1CC1)C(=O)N(C)C(C)(C)C(=O)O. The molecule has 0 radical (unpaired) electrons. The highest BCUT2D eigenvalue weighted by Crippen LogP contribution is 2.31. The first-order valence-corrected chi connectivity index (χ1v) is 6.45. The average Bonchev–Trinajstić information content (AvgIpc) is 3.06. The van der Waals surface area contributed by atoms with Gasteiger partial charge in [-0.3, -0.25) is 0 Å². The molecule has 104 valence electrons. The summed E-state index contributed by atoms with van der Waals surface area (Å²) < 4.78 is 0. The average molecular weight is 256 g/mol. The van der Waals surface area contributed by atoms with E-state index in [1.807, 2.05) is 13.8 Å². The Kier molecular flexibility index (Phi) is 4.24. The molecule has 0 bridgehead atoms. The fourth-order valence-electron chi connectivity index (χ4n) is 1.66. The summed E-state index contributed by atoms with van der Waals surface area (Å²) >= 11 is 0. The molecule has 1 fully saturated rings. The lowest BCUT2D eigenvalue weighted by Crippen LogP contribution is -2.56. The Balaban J connectivity index is 2.78. The van der Waals surface area contributed by atoms with E-state index in [1.54, 1.807) is 25.8 Å². The summed E-state index contributed by atoms with van der Waals surface area (Å²) in [5.74, 6) is -0.397. The van der Waals surface area contributed by atoms with Crippen LogP contribution >= 0.6 is 0 Å². The maximum atomic E-state index is 12.4. The number of nitrogens with zero attached hydrogens (tertiary/aromatic N) is 2. The summed E-state index contributed by atoms with van der Waals surface area (Å²) in [6.45, 7) is 7.74. The zero-order valence-corrected chi connectivity index (χ0v) is 11.9. The minimum Gasteiger partial charge on any atom is -0.480 e. The second-order valence-corrected chi connectivity index (χ2v) is 5.90. The number of carboxylic acid groups (broad SMARTS) is 1. The van der Waals surface area contributed by atoms with Crippen LogP contribution in [0.25, 0.3) is 0 Å². The van der Waals surface area contributed by atoms with Crippen molar-refractivity contribution in [2.24, 2.45) is 5.92 Å². The van der Waals surface area contributed by atoms with E-state index in [9.17, 15) is 9.59 Å². The normalized spacial score (nSPS) is 15.7. The summed E-state index contributed by atoms with van der Waals surface area (Å²) in [5.41, 5.74) is -1.19. The van der Waals surface area contributed by atoms with Gasteiger partial charge in [-0.25, -0.2) is 9.59 Å². The predicted octanol–water partition coefficient (Wildman–Crippen LogP) is 2.02. The van der Waals surface area contributed by atoms with Crippen molar-refractivity contribution in [2.45, 2.75) is 52.1 Å². The number of carbonyl (C=O) groups excluding carboxylic acids is 1. The summed E-state index contributed by atoms with van der Waals surface area (Å²) in [5, 5.41) is 9.16. The second kappa shape index (κ2) is 5.16. The zero-order valence-electron chi connectivity index (χ0n) is 11.9. The molecular weight excluding hydrogens is 232 g/mol. The van der Waals surface area contributed by atoms with Gasteiger partial charge in [-0.1, -0.05) is 0 Å². The number of aliphatic carboxylic acids is 1. The Morgan fingerprint density at radius 2 is 1.83 bits per heavy atom. The van der Waals surface area contributed by atoms with Gasteiger partial charge in [0.25, 0.3) is 0 Å². The second-order valence-electron chi connectivity index (χ2n) is 5.90. The monoisotopic (exact) mass is 256 g/mol. The topological polar surface area (TPSA) is 60.9 Å². The van der Waals surface area contributed by atoms with E-state index in [-0.39, 0.29) is 12.1 Å². The third kappa shape index (κ3) is 3.15. The first-order chi connectivity index (χ1) is 8.17. The van der Waals surface area contributed by atoms with Gasteiger partial charge in [-0.05, 0) is 46.5 Å². The number of likely N-dealkylation sites (N-methyl/N-ethyl adjacent to an activating group) is 1. The Labute approximate surface area is 109 Å². The van der Waals surface area contributed by atoms with Crippen LogP contribution < -0.4 is 0 Å². The number of carbonyl (C=O) groups is 2. The zero-order chi connectivity index (χ0) is 14.1. The minimum absolute atomic E-state index is 0.0881. The molecule has 1 saturated carbocycles. The Hall–Kier alpha value is -1.26. The number of rotatable bonds is 5. The number of hydrogen-bond donors (Lipinski definition) is 1. The third-order valence-electron chi connectivity index (χ3n) is 3.67. The first-order valence-electron chi connectivity index (χ1n) is 6.45. The van der Waals surface area contributed by atoms with Crippen molar-refractivity contribution >= 4 is 12.0 Å². The van der Waals surface area contributed by atoms with Crippen molar-refractivity contribution in [3.8, 4) is 0 Å². The van der Waals surface area contributed by atoms with Crippen LogP contribution in [0.2, 0.25) is 0 Å². The molecule has 0 aromatic rings. The highest BCUT2D eigenvalue weighted by atomic mass is 16.4. The minimum atomic E-state index is -1.19. The van der Waals surface area contributed by atoms with Crippen molar-refractivity contribution in [3.63, 3.8) is 0 Å². The van der Waals surface area contributed by atoms with Gasteiger partial charge in [-0.15, -0.1) is 0 Å². The van der Waals surface area contributed by atoms with Crippen LogP contribution in [0.4, 0.5) is 4.79 Å². The van der Waals surface area contributed by atoms with E-state index in [0.29, 0.717) is 5.92 Å². The van der Waals surface area contributed by atoms with Gasteiger partial charge in [0, 0.05) is 19.6 Å². The molecule has 1 rings (SSSR count). The van der Waals surface area contributed by atoms with Gasteiger partial charge in [0.1, 0.15) is 5.54 Å². The van der Waals surface area contributed by atoms with E-state index >= 15 is 0 Å². The highest BCUT2D eigenvalue weighted by molar-refractivity contribution is 5.85. The van der Waals surface area contributed by atoms with Gasteiger partial charge >= 0.3 is 12.0 Å². The lowest BCUT2D eigenvalue weighted by atomic mass is 10.0. The lowest BCUT2D eigenvalue weighted by molar-refractivity contribution is -0.147. The molecule has 0 heterocycles. The van der Waals surface area contributed by atoms with Gasteiger partial charge in [0.2, 0.25) is 0 Å². The van der Waals surface area contributed by atoms with Crippen molar-refractivity contribution in [1.82, 2.24) is 9.80 Å². The maximum Gasteiger partial charge on any atom is 0.329 e. The molecule has 1 N–H and O–H groups in total.